The summed E-state index contributed by atoms with van der Waals surface area (Å²) in [6, 6.07) is 7.30. The summed E-state index contributed by atoms with van der Waals surface area (Å²) in [5.74, 6) is -0.323. The molecule has 0 spiro atoms. The number of hydrogen-bond donors (Lipinski definition) is 2. The molecule has 2 aliphatic rings. The highest BCUT2D eigenvalue weighted by atomic mass is 79.9. The number of aryl methyl sites for hydroxylation is 1. The van der Waals surface area contributed by atoms with Crippen LogP contribution in [0.5, 0.6) is 0 Å². The van der Waals surface area contributed by atoms with Crippen LogP contribution in [0.25, 0.3) is 0 Å². The molecule has 1 atom stereocenters. The Labute approximate surface area is 177 Å². The number of ether oxygens (including phenoxy) is 1. The Morgan fingerprint density at radius 3 is 2.75 bits per heavy atom. The first kappa shape index (κ1) is 19.6. The number of thiophene rings is 1. The zero-order chi connectivity index (χ0) is 19.5. The van der Waals surface area contributed by atoms with Crippen LogP contribution in [0.3, 0.4) is 0 Å². The summed E-state index contributed by atoms with van der Waals surface area (Å²) in [6.45, 7) is 1.28. The third-order valence-corrected chi connectivity index (χ3v) is 7.16. The van der Waals surface area contributed by atoms with E-state index >= 15 is 0 Å². The van der Waals surface area contributed by atoms with E-state index in [4.69, 9.17) is 4.74 Å². The van der Waals surface area contributed by atoms with Gasteiger partial charge in [0, 0.05) is 22.5 Å². The zero-order valence-electron chi connectivity index (χ0n) is 15.6. The summed E-state index contributed by atoms with van der Waals surface area (Å²) < 4.78 is 6.35. The molecule has 1 aliphatic heterocycles. The highest BCUT2D eigenvalue weighted by molar-refractivity contribution is 9.10. The molecule has 0 saturated carbocycles. The molecule has 148 valence electrons. The number of anilines is 1. The molecule has 2 N–H and O–H groups in total. The summed E-state index contributed by atoms with van der Waals surface area (Å²) >= 11 is 4.96. The SMILES string of the molecule is O=C(Nc1sc2c(c1C(=O)NC[C@@H]1CCCO1)CCCC2)c1ccccc1Br. The van der Waals surface area contributed by atoms with Gasteiger partial charge in [0.25, 0.3) is 11.8 Å². The second-order valence-corrected chi connectivity index (χ2v) is 9.15. The molecule has 1 saturated heterocycles. The van der Waals surface area contributed by atoms with Gasteiger partial charge in [-0.1, -0.05) is 12.1 Å². The van der Waals surface area contributed by atoms with Crippen molar-refractivity contribution in [3.05, 3.63) is 50.3 Å². The van der Waals surface area contributed by atoms with E-state index < -0.39 is 0 Å². The maximum Gasteiger partial charge on any atom is 0.257 e. The Morgan fingerprint density at radius 2 is 1.96 bits per heavy atom. The monoisotopic (exact) mass is 462 g/mol. The third-order valence-electron chi connectivity index (χ3n) is 5.26. The molecule has 28 heavy (non-hydrogen) atoms. The lowest BCUT2D eigenvalue weighted by atomic mass is 9.95. The van der Waals surface area contributed by atoms with Crippen LogP contribution in [-0.4, -0.2) is 31.1 Å². The van der Waals surface area contributed by atoms with Crippen molar-refractivity contribution in [2.24, 2.45) is 0 Å². The van der Waals surface area contributed by atoms with Gasteiger partial charge in [-0.15, -0.1) is 11.3 Å². The number of amides is 2. The van der Waals surface area contributed by atoms with Crippen molar-refractivity contribution >= 4 is 44.1 Å². The van der Waals surface area contributed by atoms with E-state index in [1.165, 1.54) is 16.2 Å². The lowest BCUT2D eigenvalue weighted by molar-refractivity contribution is 0.0858. The second kappa shape index (κ2) is 8.76. The first-order valence-electron chi connectivity index (χ1n) is 9.73. The minimum atomic E-state index is -0.209. The Balaban J connectivity index is 1.57. The summed E-state index contributed by atoms with van der Waals surface area (Å²) in [4.78, 5) is 27.0. The van der Waals surface area contributed by atoms with E-state index in [1.807, 2.05) is 18.2 Å². The molecule has 7 heteroatoms. The molecule has 2 aromatic rings. The number of carbonyl (C=O) groups excluding carboxylic acids is 2. The van der Waals surface area contributed by atoms with Crippen molar-refractivity contribution in [1.82, 2.24) is 5.32 Å². The summed E-state index contributed by atoms with van der Waals surface area (Å²) in [5.41, 5.74) is 2.29. The molecule has 2 heterocycles. The fraction of sp³-hybridized carbons (Fsp3) is 0.429. The molecule has 4 rings (SSSR count). The standard InChI is InChI=1S/C21H23BrN2O3S/c22-16-9-3-1-7-14(16)19(25)24-21-18(15-8-2-4-10-17(15)28-21)20(26)23-12-13-6-5-11-27-13/h1,3,7,9,13H,2,4-6,8,10-12H2,(H,23,26)(H,24,25)/t13-/m0/s1. The maximum absolute atomic E-state index is 13.0. The molecule has 1 aromatic carbocycles. The molecule has 0 unspecified atom stereocenters. The zero-order valence-corrected chi connectivity index (χ0v) is 18.0. The fourth-order valence-corrected chi connectivity index (χ4v) is 5.56. The number of benzene rings is 1. The van der Waals surface area contributed by atoms with Crippen molar-refractivity contribution in [1.29, 1.82) is 0 Å². The van der Waals surface area contributed by atoms with Gasteiger partial charge >= 0.3 is 0 Å². The number of fused-ring (bicyclic) bond motifs is 1. The Bertz CT molecular complexity index is 890. The largest absolute Gasteiger partial charge is 0.376 e. The van der Waals surface area contributed by atoms with Gasteiger partial charge in [-0.05, 0) is 72.2 Å². The highest BCUT2D eigenvalue weighted by Gasteiger charge is 2.27. The van der Waals surface area contributed by atoms with E-state index in [-0.39, 0.29) is 17.9 Å². The van der Waals surface area contributed by atoms with Crippen molar-refractivity contribution in [2.45, 2.75) is 44.6 Å². The van der Waals surface area contributed by atoms with Crippen LogP contribution < -0.4 is 10.6 Å². The predicted octanol–water partition coefficient (Wildman–Crippen LogP) is 4.55. The fourth-order valence-electron chi connectivity index (χ4n) is 3.81. The topological polar surface area (TPSA) is 67.4 Å². The minimum Gasteiger partial charge on any atom is -0.376 e. The van der Waals surface area contributed by atoms with Gasteiger partial charge in [0.05, 0.1) is 17.2 Å². The van der Waals surface area contributed by atoms with Gasteiger partial charge in [0.15, 0.2) is 0 Å². The number of hydrogen-bond acceptors (Lipinski definition) is 4. The number of halogens is 1. The van der Waals surface area contributed by atoms with Gasteiger partial charge in [-0.25, -0.2) is 0 Å². The Hall–Kier alpha value is -1.70. The molecule has 1 aromatic heterocycles. The van der Waals surface area contributed by atoms with Crippen LogP contribution in [-0.2, 0) is 17.6 Å². The number of rotatable bonds is 5. The first-order chi connectivity index (χ1) is 13.6. The average molecular weight is 463 g/mol. The Kier molecular flexibility index (Phi) is 6.13. The summed E-state index contributed by atoms with van der Waals surface area (Å²) in [5, 5.41) is 6.67. The Morgan fingerprint density at radius 1 is 1.14 bits per heavy atom. The third kappa shape index (κ3) is 4.16. The second-order valence-electron chi connectivity index (χ2n) is 7.19. The lowest BCUT2D eigenvalue weighted by Gasteiger charge is -2.15. The first-order valence-corrected chi connectivity index (χ1v) is 11.3. The molecule has 0 bridgehead atoms. The molecular formula is C21H23BrN2O3S. The van der Waals surface area contributed by atoms with E-state index in [0.29, 0.717) is 22.7 Å². The lowest BCUT2D eigenvalue weighted by Crippen LogP contribution is -2.32. The van der Waals surface area contributed by atoms with Crippen molar-refractivity contribution < 1.29 is 14.3 Å². The van der Waals surface area contributed by atoms with Crippen molar-refractivity contribution in [3.63, 3.8) is 0 Å². The van der Waals surface area contributed by atoms with E-state index in [1.54, 1.807) is 6.07 Å². The summed E-state index contributed by atoms with van der Waals surface area (Å²) in [6.07, 6.45) is 6.18. The highest BCUT2D eigenvalue weighted by Crippen LogP contribution is 2.38. The van der Waals surface area contributed by atoms with Gasteiger partial charge < -0.3 is 15.4 Å². The van der Waals surface area contributed by atoms with E-state index in [2.05, 4.69) is 26.6 Å². The number of nitrogens with one attached hydrogen (secondary N) is 2. The van der Waals surface area contributed by atoms with E-state index in [0.717, 1.165) is 55.2 Å². The van der Waals surface area contributed by atoms with Gasteiger partial charge in [-0.3, -0.25) is 9.59 Å². The van der Waals surface area contributed by atoms with Crippen molar-refractivity contribution in [2.75, 3.05) is 18.5 Å². The van der Waals surface area contributed by atoms with E-state index in [9.17, 15) is 9.59 Å². The van der Waals surface area contributed by atoms with Crippen LogP contribution in [0.4, 0.5) is 5.00 Å². The van der Waals surface area contributed by atoms with Crippen LogP contribution in [0.2, 0.25) is 0 Å². The van der Waals surface area contributed by atoms with Gasteiger partial charge in [-0.2, -0.15) is 0 Å². The van der Waals surface area contributed by atoms with Crippen LogP contribution in [0, 0.1) is 0 Å². The number of carbonyl (C=O) groups is 2. The smallest absolute Gasteiger partial charge is 0.257 e. The van der Waals surface area contributed by atoms with Crippen LogP contribution >= 0.6 is 27.3 Å². The quantitative estimate of drug-likeness (QED) is 0.684. The molecule has 1 aliphatic carbocycles. The molecule has 1 fully saturated rings. The van der Waals surface area contributed by atoms with Gasteiger partial charge in [0.1, 0.15) is 5.00 Å². The maximum atomic E-state index is 13.0. The molecular weight excluding hydrogens is 440 g/mol. The average Bonchev–Trinajstić information content (AvgIpc) is 3.33. The normalized spacial score (nSPS) is 18.5. The molecule has 2 amide bonds. The van der Waals surface area contributed by atoms with Crippen molar-refractivity contribution in [3.8, 4) is 0 Å². The van der Waals surface area contributed by atoms with Crippen LogP contribution in [0.15, 0.2) is 28.7 Å². The summed E-state index contributed by atoms with van der Waals surface area (Å²) in [7, 11) is 0. The van der Waals surface area contributed by atoms with Gasteiger partial charge in [0.2, 0.25) is 0 Å². The predicted molar refractivity (Wildman–Crippen MR) is 114 cm³/mol. The van der Waals surface area contributed by atoms with Crippen LogP contribution in [0.1, 0.15) is 56.8 Å². The molecule has 5 nitrogen and oxygen atoms in total. The minimum absolute atomic E-state index is 0.0942. The molecule has 0 radical (unpaired) electrons.